The lowest BCUT2D eigenvalue weighted by molar-refractivity contribution is -0.0415. The molecule has 0 radical (unpaired) electrons. The zero-order valence-electron chi connectivity index (χ0n) is 16.5. The summed E-state index contributed by atoms with van der Waals surface area (Å²) in [6.07, 6.45) is 3.62. The molecule has 1 aliphatic heterocycles. The molecule has 0 N–H and O–H groups in total. The van der Waals surface area contributed by atoms with E-state index in [4.69, 9.17) is 4.74 Å². The predicted octanol–water partition coefficient (Wildman–Crippen LogP) is 4.26. The van der Waals surface area contributed by atoms with Crippen molar-refractivity contribution in [3.05, 3.63) is 59.9 Å². The Morgan fingerprint density at radius 2 is 1.88 bits per heavy atom. The number of carbonyl (C=O) groups is 1. The number of aryl methyl sites for hydroxylation is 2. The Hall–Kier alpha value is -2.07. The molecule has 3 rings (SSSR count). The molecule has 2 atom stereocenters. The van der Waals surface area contributed by atoms with Crippen LogP contribution in [0.1, 0.15) is 50.2 Å². The number of carbonyl (C=O) groups excluding carboxylic acids is 1. The molecule has 1 amide bonds. The van der Waals surface area contributed by atoms with E-state index >= 15 is 0 Å². The molecule has 4 nitrogen and oxygen atoms in total. The van der Waals surface area contributed by atoms with Gasteiger partial charge in [0.1, 0.15) is 6.23 Å². The van der Waals surface area contributed by atoms with Crippen molar-refractivity contribution in [2.75, 3.05) is 6.61 Å². The molecular weight excluding hydrogens is 324 g/mol. The maximum atomic E-state index is 13.4. The highest BCUT2D eigenvalue weighted by molar-refractivity contribution is 5.95. The average Bonchev–Trinajstić information content (AvgIpc) is 3.16. The average molecular weight is 354 g/mol. The normalized spacial score (nSPS) is 23.4. The first-order valence-electron chi connectivity index (χ1n) is 9.33. The van der Waals surface area contributed by atoms with Crippen LogP contribution in [0.2, 0.25) is 0 Å². The first kappa shape index (κ1) is 18.7. The fraction of sp³-hybridized carbons (Fsp3) is 0.500. The van der Waals surface area contributed by atoms with E-state index in [0.717, 1.165) is 18.4 Å². The Kier molecular flexibility index (Phi) is 4.98. The second-order valence-electron chi connectivity index (χ2n) is 8.68. The van der Waals surface area contributed by atoms with Gasteiger partial charge < -0.3 is 14.2 Å². The molecule has 2 unspecified atom stereocenters. The molecular formula is C22H30N2O2. The van der Waals surface area contributed by atoms with Gasteiger partial charge in [0, 0.05) is 29.9 Å². The molecule has 0 spiro atoms. The fourth-order valence-electron chi connectivity index (χ4n) is 3.74. The van der Waals surface area contributed by atoms with Gasteiger partial charge in [0.15, 0.2) is 0 Å². The van der Waals surface area contributed by atoms with Gasteiger partial charge in [0.25, 0.3) is 5.91 Å². The summed E-state index contributed by atoms with van der Waals surface area (Å²) in [5.74, 6) is 0.0532. The third-order valence-electron chi connectivity index (χ3n) is 5.32. The van der Waals surface area contributed by atoms with E-state index in [1.807, 2.05) is 35.2 Å². The molecule has 26 heavy (non-hydrogen) atoms. The number of hydrogen-bond donors (Lipinski definition) is 0. The first-order chi connectivity index (χ1) is 12.2. The molecule has 140 valence electrons. The largest absolute Gasteiger partial charge is 0.355 e. The highest BCUT2D eigenvalue weighted by atomic mass is 16.5. The van der Waals surface area contributed by atoms with Crippen molar-refractivity contribution in [3.8, 4) is 0 Å². The summed E-state index contributed by atoms with van der Waals surface area (Å²) in [5, 5.41) is 0. The topological polar surface area (TPSA) is 34.5 Å². The lowest BCUT2D eigenvalue weighted by Gasteiger charge is -2.41. The van der Waals surface area contributed by atoms with E-state index in [1.165, 1.54) is 5.69 Å². The number of nitrogens with zero attached hydrogens (tertiary/aromatic N) is 2. The summed E-state index contributed by atoms with van der Waals surface area (Å²) in [7, 11) is 2.06. The van der Waals surface area contributed by atoms with Crippen molar-refractivity contribution in [1.82, 2.24) is 9.47 Å². The smallest absolute Gasteiger partial charge is 0.256 e. The van der Waals surface area contributed by atoms with Crippen LogP contribution in [0.3, 0.4) is 0 Å². The minimum atomic E-state index is -0.324. The van der Waals surface area contributed by atoms with Gasteiger partial charge in [0.05, 0.1) is 12.1 Å². The van der Waals surface area contributed by atoms with E-state index < -0.39 is 0 Å². The number of ether oxygens (including phenoxy) is 1. The van der Waals surface area contributed by atoms with Crippen molar-refractivity contribution in [2.45, 2.75) is 52.3 Å². The van der Waals surface area contributed by atoms with Crippen LogP contribution in [0.25, 0.3) is 0 Å². The molecule has 1 aliphatic rings. The standard InChI is InChI=1S/C22H30N2O2/c1-21(2,3)20-24(19(25)17-10-7-6-8-11-17)22(4,16-26-20)14-13-18-12-9-15-23(18)5/h6-12,15,20H,13-14,16H2,1-5H3. The molecule has 1 aromatic heterocycles. The van der Waals surface area contributed by atoms with Crippen LogP contribution >= 0.6 is 0 Å². The van der Waals surface area contributed by atoms with E-state index in [1.54, 1.807) is 0 Å². The van der Waals surface area contributed by atoms with Crippen molar-refractivity contribution >= 4 is 5.91 Å². The van der Waals surface area contributed by atoms with Gasteiger partial charge in [-0.15, -0.1) is 0 Å². The number of amides is 1. The van der Waals surface area contributed by atoms with Crippen LogP contribution in [0.15, 0.2) is 48.7 Å². The van der Waals surface area contributed by atoms with Gasteiger partial charge in [-0.3, -0.25) is 4.79 Å². The van der Waals surface area contributed by atoms with Gasteiger partial charge in [0.2, 0.25) is 0 Å². The summed E-state index contributed by atoms with van der Waals surface area (Å²) in [6.45, 7) is 9.12. The van der Waals surface area contributed by atoms with Crippen molar-refractivity contribution in [1.29, 1.82) is 0 Å². The Morgan fingerprint density at radius 1 is 1.19 bits per heavy atom. The quantitative estimate of drug-likeness (QED) is 0.822. The number of hydrogen-bond acceptors (Lipinski definition) is 2. The maximum Gasteiger partial charge on any atom is 0.256 e. The summed E-state index contributed by atoms with van der Waals surface area (Å²) in [5.41, 5.74) is 1.53. The van der Waals surface area contributed by atoms with Crippen molar-refractivity contribution in [2.24, 2.45) is 12.5 Å². The molecule has 2 aromatic rings. The minimum Gasteiger partial charge on any atom is -0.355 e. The first-order valence-corrected chi connectivity index (χ1v) is 9.33. The van der Waals surface area contributed by atoms with Crippen molar-refractivity contribution < 1.29 is 9.53 Å². The van der Waals surface area contributed by atoms with E-state index in [-0.39, 0.29) is 23.1 Å². The van der Waals surface area contributed by atoms with Crippen LogP contribution in [0, 0.1) is 5.41 Å². The molecule has 0 saturated carbocycles. The van der Waals surface area contributed by atoms with Crippen LogP contribution < -0.4 is 0 Å². The predicted molar refractivity (Wildman–Crippen MR) is 104 cm³/mol. The summed E-state index contributed by atoms with van der Waals surface area (Å²) < 4.78 is 8.33. The lowest BCUT2D eigenvalue weighted by Crippen LogP contribution is -2.53. The molecule has 1 fully saturated rings. The second-order valence-corrected chi connectivity index (χ2v) is 8.68. The minimum absolute atomic E-state index is 0.0532. The van der Waals surface area contributed by atoms with Gasteiger partial charge in [-0.05, 0) is 44.0 Å². The SMILES string of the molecule is Cn1cccc1CCC1(C)COC(C(C)(C)C)N1C(=O)c1ccccc1. The third-order valence-corrected chi connectivity index (χ3v) is 5.32. The summed E-state index contributed by atoms with van der Waals surface area (Å²) >= 11 is 0. The van der Waals surface area contributed by atoms with Crippen molar-refractivity contribution in [3.63, 3.8) is 0 Å². The lowest BCUT2D eigenvalue weighted by atomic mass is 9.88. The van der Waals surface area contributed by atoms with Gasteiger partial charge in [-0.2, -0.15) is 0 Å². The van der Waals surface area contributed by atoms with Crippen LogP contribution in [0.5, 0.6) is 0 Å². The van der Waals surface area contributed by atoms with Crippen LogP contribution in [-0.2, 0) is 18.2 Å². The van der Waals surface area contributed by atoms with Gasteiger partial charge in [-0.1, -0.05) is 39.0 Å². The van der Waals surface area contributed by atoms with Gasteiger partial charge >= 0.3 is 0 Å². The van der Waals surface area contributed by atoms with Crippen LogP contribution in [-0.4, -0.2) is 33.7 Å². The number of aromatic nitrogens is 1. The molecule has 4 heteroatoms. The molecule has 1 saturated heterocycles. The van der Waals surface area contributed by atoms with E-state index in [2.05, 4.69) is 57.6 Å². The number of rotatable bonds is 4. The fourth-order valence-corrected chi connectivity index (χ4v) is 3.74. The molecule has 2 heterocycles. The van der Waals surface area contributed by atoms with E-state index in [0.29, 0.717) is 6.61 Å². The van der Waals surface area contributed by atoms with E-state index in [9.17, 15) is 4.79 Å². The summed E-state index contributed by atoms with van der Waals surface area (Å²) in [6, 6.07) is 13.7. The Morgan fingerprint density at radius 3 is 2.46 bits per heavy atom. The monoisotopic (exact) mass is 354 g/mol. The molecule has 1 aromatic carbocycles. The highest BCUT2D eigenvalue weighted by Crippen LogP contribution is 2.40. The molecule has 0 aliphatic carbocycles. The third kappa shape index (κ3) is 3.56. The summed E-state index contributed by atoms with van der Waals surface area (Å²) in [4.78, 5) is 15.4. The van der Waals surface area contributed by atoms with Crippen LogP contribution in [0.4, 0.5) is 0 Å². The second kappa shape index (κ2) is 6.92. The Labute approximate surface area is 156 Å². The zero-order chi connectivity index (χ0) is 18.9. The Bertz CT molecular complexity index is 760. The molecule has 0 bridgehead atoms. The number of benzene rings is 1. The zero-order valence-corrected chi connectivity index (χ0v) is 16.5. The Balaban J connectivity index is 1.89. The maximum absolute atomic E-state index is 13.4. The van der Waals surface area contributed by atoms with Gasteiger partial charge in [-0.25, -0.2) is 0 Å². The highest BCUT2D eigenvalue weighted by Gasteiger charge is 2.50.